The predicted molar refractivity (Wildman–Crippen MR) is 59.9 cm³/mol. The molecule has 1 aliphatic rings. The molecule has 0 radical (unpaired) electrons. The summed E-state index contributed by atoms with van der Waals surface area (Å²) in [7, 11) is 2.06. The van der Waals surface area contributed by atoms with E-state index in [1.165, 1.54) is 5.70 Å². The highest BCUT2D eigenvalue weighted by Crippen LogP contribution is 2.19. The van der Waals surface area contributed by atoms with Crippen LogP contribution in [0.1, 0.15) is 27.7 Å². The molecule has 1 heterocycles. The summed E-state index contributed by atoms with van der Waals surface area (Å²) < 4.78 is 5.83. The second-order valence-electron chi connectivity index (χ2n) is 5.07. The summed E-state index contributed by atoms with van der Waals surface area (Å²) in [5.74, 6) is 0. The molecule has 0 spiro atoms. The van der Waals surface area contributed by atoms with Gasteiger partial charge in [-0.1, -0.05) is 26.8 Å². The zero-order chi connectivity index (χ0) is 10.8. The monoisotopic (exact) mass is 195 g/mol. The second kappa shape index (κ2) is 4.18. The van der Waals surface area contributed by atoms with Crippen molar-refractivity contribution in [2.45, 2.75) is 33.9 Å². The molecule has 0 aliphatic carbocycles. The minimum Gasteiger partial charge on any atom is -0.354 e. The second-order valence-corrected chi connectivity index (χ2v) is 5.07. The molecule has 14 heavy (non-hydrogen) atoms. The van der Waals surface area contributed by atoms with Crippen molar-refractivity contribution in [2.24, 2.45) is 5.41 Å². The third-order valence-corrected chi connectivity index (χ3v) is 2.24. The van der Waals surface area contributed by atoms with Gasteiger partial charge in [-0.05, 0) is 24.5 Å². The van der Waals surface area contributed by atoms with E-state index >= 15 is 0 Å². The van der Waals surface area contributed by atoms with Crippen LogP contribution in [0.4, 0.5) is 0 Å². The molecule has 80 valence electrons. The molecule has 0 aromatic carbocycles. The lowest BCUT2D eigenvalue weighted by Gasteiger charge is -2.32. The van der Waals surface area contributed by atoms with Gasteiger partial charge in [0.2, 0.25) is 0 Å². The van der Waals surface area contributed by atoms with Crippen LogP contribution in [0.25, 0.3) is 0 Å². The summed E-state index contributed by atoms with van der Waals surface area (Å²) in [6.07, 6.45) is 6.33. The molecule has 2 nitrogen and oxygen atoms in total. The Morgan fingerprint density at radius 3 is 2.64 bits per heavy atom. The van der Waals surface area contributed by atoms with Crippen molar-refractivity contribution in [1.82, 2.24) is 4.90 Å². The van der Waals surface area contributed by atoms with Crippen LogP contribution in [0.5, 0.6) is 0 Å². The first-order valence-electron chi connectivity index (χ1n) is 5.10. The molecule has 1 unspecified atom stereocenters. The number of hydrogen-bond donors (Lipinski definition) is 0. The topological polar surface area (TPSA) is 12.5 Å². The minimum absolute atomic E-state index is 0.0965. The Labute approximate surface area is 87.2 Å². The Balaban J connectivity index is 2.47. The lowest BCUT2D eigenvalue weighted by Crippen LogP contribution is -2.34. The molecule has 2 heteroatoms. The standard InChI is InChI=1S/C12H21NO/c1-10-7-6-8-11(13(10)5)14-9-12(2,3)4/h6-8,11H,9H2,1-5H3. The van der Waals surface area contributed by atoms with E-state index in [9.17, 15) is 0 Å². The summed E-state index contributed by atoms with van der Waals surface area (Å²) in [4.78, 5) is 2.14. The van der Waals surface area contributed by atoms with Gasteiger partial charge in [0.1, 0.15) is 6.23 Å². The van der Waals surface area contributed by atoms with Crippen molar-refractivity contribution >= 4 is 0 Å². The fourth-order valence-electron chi connectivity index (χ4n) is 1.24. The van der Waals surface area contributed by atoms with Crippen LogP contribution in [0.2, 0.25) is 0 Å². The van der Waals surface area contributed by atoms with Gasteiger partial charge in [0.25, 0.3) is 0 Å². The Morgan fingerprint density at radius 2 is 2.07 bits per heavy atom. The molecule has 1 aliphatic heterocycles. The average Bonchev–Trinajstić information content (AvgIpc) is 2.06. The van der Waals surface area contributed by atoms with E-state index in [0.717, 1.165) is 6.61 Å². The molecule has 1 rings (SSSR count). The van der Waals surface area contributed by atoms with E-state index in [1.807, 2.05) is 0 Å². The van der Waals surface area contributed by atoms with Crippen molar-refractivity contribution < 1.29 is 4.74 Å². The largest absolute Gasteiger partial charge is 0.354 e. The van der Waals surface area contributed by atoms with Crippen molar-refractivity contribution in [2.75, 3.05) is 13.7 Å². The SMILES string of the molecule is CC1=CC=CC(OCC(C)(C)C)N1C. The smallest absolute Gasteiger partial charge is 0.149 e. The molecule has 0 fully saturated rings. The molecule has 0 aromatic heterocycles. The molecular weight excluding hydrogens is 174 g/mol. The molecule has 1 atom stereocenters. The zero-order valence-electron chi connectivity index (χ0n) is 9.87. The highest BCUT2D eigenvalue weighted by molar-refractivity contribution is 5.17. The van der Waals surface area contributed by atoms with Crippen LogP contribution in [0, 0.1) is 5.41 Å². The van der Waals surface area contributed by atoms with E-state index in [-0.39, 0.29) is 11.6 Å². The van der Waals surface area contributed by atoms with Gasteiger partial charge in [-0.2, -0.15) is 0 Å². The fraction of sp³-hybridized carbons (Fsp3) is 0.667. The Hall–Kier alpha value is -0.760. The Bertz CT molecular complexity index is 248. The first-order chi connectivity index (χ1) is 6.40. The fourth-order valence-corrected chi connectivity index (χ4v) is 1.24. The van der Waals surface area contributed by atoms with Crippen LogP contribution < -0.4 is 0 Å². The van der Waals surface area contributed by atoms with Crippen LogP contribution in [-0.2, 0) is 4.74 Å². The molecular formula is C12H21NO. The summed E-state index contributed by atoms with van der Waals surface area (Å²) in [5.41, 5.74) is 1.47. The van der Waals surface area contributed by atoms with Gasteiger partial charge in [-0.15, -0.1) is 0 Å². The highest BCUT2D eigenvalue weighted by atomic mass is 16.5. The van der Waals surface area contributed by atoms with Gasteiger partial charge in [0, 0.05) is 12.7 Å². The van der Waals surface area contributed by atoms with Gasteiger partial charge < -0.3 is 9.64 Å². The maximum atomic E-state index is 5.83. The molecule has 0 bridgehead atoms. The van der Waals surface area contributed by atoms with Crippen molar-refractivity contribution in [3.63, 3.8) is 0 Å². The first kappa shape index (κ1) is 11.3. The normalized spacial score (nSPS) is 22.5. The Kier molecular flexibility index (Phi) is 3.38. The highest BCUT2D eigenvalue weighted by Gasteiger charge is 2.18. The van der Waals surface area contributed by atoms with Gasteiger partial charge in [0.05, 0.1) is 6.61 Å². The maximum Gasteiger partial charge on any atom is 0.149 e. The minimum atomic E-state index is 0.0965. The van der Waals surface area contributed by atoms with E-state index in [1.54, 1.807) is 0 Å². The van der Waals surface area contributed by atoms with Crippen molar-refractivity contribution in [3.05, 3.63) is 23.9 Å². The molecule has 0 N–H and O–H groups in total. The van der Waals surface area contributed by atoms with Crippen molar-refractivity contribution in [1.29, 1.82) is 0 Å². The number of rotatable bonds is 2. The van der Waals surface area contributed by atoms with E-state index in [0.29, 0.717) is 0 Å². The van der Waals surface area contributed by atoms with Crippen LogP contribution in [-0.4, -0.2) is 24.8 Å². The number of ether oxygens (including phenoxy) is 1. The summed E-state index contributed by atoms with van der Waals surface area (Å²) >= 11 is 0. The van der Waals surface area contributed by atoms with Gasteiger partial charge in [-0.25, -0.2) is 0 Å². The van der Waals surface area contributed by atoms with E-state index < -0.39 is 0 Å². The van der Waals surface area contributed by atoms with Gasteiger partial charge in [-0.3, -0.25) is 0 Å². The number of nitrogens with zero attached hydrogens (tertiary/aromatic N) is 1. The summed E-state index contributed by atoms with van der Waals surface area (Å²) in [6.45, 7) is 9.42. The van der Waals surface area contributed by atoms with Crippen LogP contribution >= 0.6 is 0 Å². The average molecular weight is 195 g/mol. The zero-order valence-corrected chi connectivity index (χ0v) is 9.87. The van der Waals surface area contributed by atoms with Gasteiger partial charge >= 0.3 is 0 Å². The molecule has 0 aromatic rings. The molecule has 0 amide bonds. The summed E-state index contributed by atoms with van der Waals surface area (Å²) in [6, 6.07) is 0. The lowest BCUT2D eigenvalue weighted by molar-refractivity contribution is -0.0320. The quantitative estimate of drug-likeness (QED) is 0.672. The van der Waals surface area contributed by atoms with Crippen LogP contribution in [0.3, 0.4) is 0 Å². The predicted octanol–water partition coefficient (Wildman–Crippen LogP) is 2.78. The van der Waals surface area contributed by atoms with E-state index in [2.05, 4.69) is 57.9 Å². The third-order valence-electron chi connectivity index (χ3n) is 2.24. The number of hydrogen-bond acceptors (Lipinski definition) is 2. The third kappa shape index (κ3) is 3.18. The van der Waals surface area contributed by atoms with Gasteiger partial charge in [0.15, 0.2) is 0 Å². The Morgan fingerprint density at radius 1 is 1.43 bits per heavy atom. The van der Waals surface area contributed by atoms with E-state index in [4.69, 9.17) is 4.74 Å². The number of likely N-dealkylation sites (N-methyl/N-ethyl adjacent to an activating group) is 1. The first-order valence-corrected chi connectivity index (χ1v) is 5.10. The maximum absolute atomic E-state index is 5.83. The molecule has 0 saturated carbocycles. The van der Waals surface area contributed by atoms with Crippen molar-refractivity contribution in [3.8, 4) is 0 Å². The molecule has 0 saturated heterocycles. The summed E-state index contributed by atoms with van der Waals surface area (Å²) in [5, 5.41) is 0. The van der Waals surface area contributed by atoms with Crippen LogP contribution in [0.15, 0.2) is 23.9 Å². The number of allylic oxidation sites excluding steroid dienone is 3. The lowest BCUT2D eigenvalue weighted by atomic mass is 9.99.